The lowest BCUT2D eigenvalue weighted by atomic mass is 10.1. The van der Waals surface area contributed by atoms with E-state index in [-0.39, 0.29) is 6.04 Å². The Morgan fingerprint density at radius 1 is 1.32 bits per heavy atom. The van der Waals surface area contributed by atoms with E-state index in [0.29, 0.717) is 5.56 Å². The van der Waals surface area contributed by atoms with Gasteiger partial charge in [0.2, 0.25) is 0 Å². The molecule has 2 rings (SSSR count). The first-order chi connectivity index (χ1) is 9.01. The van der Waals surface area contributed by atoms with Crippen molar-refractivity contribution in [1.82, 2.24) is 9.97 Å². The number of nitriles is 1. The van der Waals surface area contributed by atoms with Crippen LogP contribution in [0.25, 0.3) is 0 Å². The molecule has 0 saturated carbocycles. The van der Waals surface area contributed by atoms with E-state index >= 15 is 0 Å². The molecule has 2 heterocycles. The highest BCUT2D eigenvalue weighted by molar-refractivity contribution is 7.09. The summed E-state index contributed by atoms with van der Waals surface area (Å²) in [7, 11) is 0. The summed E-state index contributed by atoms with van der Waals surface area (Å²) >= 11 is 1.64. The number of nitrogens with one attached hydrogen (secondary N) is 1. The van der Waals surface area contributed by atoms with E-state index in [9.17, 15) is 0 Å². The number of hydrogen-bond donors (Lipinski definition) is 1. The van der Waals surface area contributed by atoms with Crippen LogP contribution in [0.5, 0.6) is 0 Å². The molecule has 98 valence electrons. The molecule has 0 fully saturated rings. The van der Waals surface area contributed by atoms with Crippen LogP contribution in [-0.4, -0.2) is 9.97 Å². The zero-order valence-corrected chi connectivity index (χ0v) is 12.3. The van der Waals surface area contributed by atoms with Crippen LogP contribution in [0.1, 0.15) is 40.5 Å². The van der Waals surface area contributed by atoms with Gasteiger partial charge >= 0.3 is 0 Å². The van der Waals surface area contributed by atoms with E-state index in [1.807, 2.05) is 32.2 Å². The Balaban J connectivity index is 2.23. The molecule has 0 saturated heterocycles. The minimum atomic E-state index is 0.109. The van der Waals surface area contributed by atoms with Gasteiger partial charge in [0, 0.05) is 11.1 Å². The zero-order valence-electron chi connectivity index (χ0n) is 11.5. The van der Waals surface area contributed by atoms with Crippen LogP contribution in [0, 0.1) is 32.1 Å². The summed E-state index contributed by atoms with van der Waals surface area (Å²) in [6, 6.07) is 4.19. The summed E-state index contributed by atoms with van der Waals surface area (Å²) in [5.41, 5.74) is 3.39. The first-order valence-corrected chi connectivity index (χ1v) is 6.96. The van der Waals surface area contributed by atoms with Crippen LogP contribution in [0.2, 0.25) is 0 Å². The van der Waals surface area contributed by atoms with Crippen LogP contribution in [0.15, 0.2) is 11.4 Å². The quantitative estimate of drug-likeness (QED) is 0.928. The van der Waals surface area contributed by atoms with Gasteiger partial charge in [-0.25, -0.2) is 9.97 Å². The number of hydrogen-bond acceptors (Lipinski definition) is 5. The zero-order chi connectivity index (χ0) is 14.0. The average Bonchev–Trinajstić information content (AvgIpc) is 2.75. The van der Waals surface area contributed by atoms with E-state index in [4.69, 9.17) is 5.26 Å². The summed E-state index contributed by atoms with van der Waals surface area (Å²) in [5, 5.41) is 15.4. The molecule has 0 aliphatic rings. The van der Waals surface area contributed by atoms with Crippen molar-refractivity contribution >= 4 is 17.2 Å². The molecular formula is C14H16N4S. The Labute approximate surface area is 117 Å². The van der Waals surface area contributed by atoms with Crippen LogP contribution in [-0.2, 0) is 0 Å². The molecule has 5 heteroatoms. The minimum Gasteiger partial charge on any atom is -0.361 e. The molecule has 0 aliphatic heterocycles. The maximum atomic E-state index is 9.03. The molecule has 1 unspecified atom stereocenters. The number of thiazole rings is 1. The molecule has 4 nitrogen and oxygen atoms in total. The third-order valence-electron chi connectivity index (χ3n) is 2.88. The summed E-state index contributed by atoms with van der Waals surface area (Å²) in [5.74, 6) is 0.786. The lowest BCUT2D eigenvalue weighted by Gasteiger charge is -2.13. The van der Waals surface area contributed by atoms with Crippen molar-refractivity contribution in [3.63, 3.8) is 0 Å². The monoisotopic (exact) mass is 272 g/mol. The van der Waals surface area contributed by atoms with Gasteiger partial charge in [-0.1, -0.05) is 0 Å². The molecule has 1 atom stereocenters. The lowest BCUT2D eigenvalue weighted by molar-refractivity contribution is 0.852. The van der Waals surface area contributed by atoms with Crippen molar-refractivity contribution in [3.8, 4) is 6.07 Å². The molecule has 0 bridgehead atoms. The van der Waals surface area contributed by atoms with E-state index in [2.05, 4.69) is 28.3 Å². The standard InChI is InChI=1S/C14H16N4S/c1-8-5-13(17-10(3)12(8)6-15)18-11(4)14-16-9(2)7-19-14/h5,7,11H,1-4H3,(H,17,18). The fourth-order valence-electron chi connectivity index (χ4n) is 1.93. The largest absolute Gasteiger partial charge is 0.361 e. The van der Waals surface area contributed by atoms with Gasteiger partial charge in [-0.2, -0.15) is 5.26 Å². The third kappa shape index (κ3) is 2.91. The highest BCUT2D eigenvalue weighted by atomic mass is 32.1. The predicted molar refractivity (Wildman–Crippen MR) is 77.3 cm³/mol. The number of anilines is 1. The maximum Gasteiger partial charge on any atom is 0.127 e. The second kappa shape index (κ2) is 5.37. The highest BCUT2D eigenvalue weighted by Gasteiger charge is 2.12. The van der Waals surface area contributed by atoms with E-state index in [1.165, 1.54) is 0 Å². The molecule has 1 N–H and O–H groups in total. The van der Waals surface area contributed by atoms with Gasteiger partial charge in [-0.3, -0.25) is 0 Å². The van der Waals surface area contributed by atoms with Crippen molar-refractivity contribution in [2.75, 3.05) is 5.32 Å². The summed E-state index contributed by atoms with van der Waals surface area (Å²) in [6.45, 7) is 7.83. The van der Waals surface area contributed by atoms with Crippen LogP contribution < -0.4 is 5.32 Å². The molecule has 0 radical (unpaired) electrons. The molecule has 0 aliphatic carbocycles. The highest BCUT2D eigenvalue weighted by Crippen LogP contribution is 2.23. The van der Waals surface area contributed by atoms with Gasteiger partial charge in [0.1, 0.15) is 16.9 Å². The summed E-state index contributed by atoms with van der Waals surface area (Å²) in [6.07, 6.45) is 0. The van der Waals surface area contributed by atoms with E-state index in [1.54, 1.807) is 11.3 Å². The maximum absolute atomic E-state index is 9.03. The van der Waals surface area contributed by atoms with Crippen molar-refractivity contribution < 1.29 is 0 Å². The van der Waals surface area contributed by atoms with Gasteiger partial charge < -0.3 is 5.32 Å². The molecule has 2 aromatic rings. The van der Waals surface area contributed by atoms with Crippen LogP contribution in [0.3, 0.4) is 0 Å². The lowest BCUT2D eigenvalue weighted by Crippen LogP contribution is -2.09. The minimum absolute atomic E-state index is 0.109. The normalized spacial score (nSPS) is 11.9. The van der Waals surface area contributed by atoms with Gasteiger partial charge in [0.15, 0.2) is 0 Å². The first-order valence-electron chi connectivity index (χ1n) is 6.08. The fourth-order valence-corrected chi connectivity index (χ4v) is 2.73. The number of aromatic nitrogens is 2. The number of aryl methyl sites for hydroxylation is 3. The molecule has 0 amide bonds. The van der Waals surface area contributed by atoms with Crippen molar-refractivity contribution in [3.05, 3.63) is 39.0 Å². The second-order valence-electron chi connectivity index (χ2n) is 4.59. The first kappa shape index (κ1) is 13.5. The fraction of sp³-hybridized carbons (Fsp3) is 0.357. The predicted octanol–water partition coefficient (Wildman–Crippen LogP) is 3.51. The number of nitrogens with zero attached hydrogens (tertiary/aromatic N) is 3. The summed E-state index contributed by atoms with van der Waals surface area (Å²) in [4.78, 5) is 8.88. The Hall–Kier alpha value is -1.93. The van der Waals surface area contributed by atoms with E-state index < -0.39 is 0 Å². The van der Waals surface area contributed by atoms with Gasteiger partial charge in [0.05, 0.1) is 17.3 Å². The average molecular weight is 272 g/mol. The molecule has 2 aromatic heterocycles. The van der Waals surface area contributed by atoms with Gasteiger partial charge in [0.25, 0.3) is 0 Å². The smallest absolute Gasteiger partial charge is 0.127 e. The SMILES string of the molecule is Cc1csc(C(C)Nc2cc(C)c(C#N)c(C)n2)n1. The Bertz CT molecular complexity index is 616. The van der Waals surface area contributed by atoms with Crippen LogP contribution in [0.4, 0.5) is 5.82 Å². The second-order valence-corrected chi connectivity index (χ2v) is 5.48. The number of rotatable bonds is 3. The Kier molecular flexibility index (Phi) is 3.82. The summed E-state index contributed by atoms with van der Waals surface area (Å²) < 4.78 is 0. The van der Waals surface area contributed by atoms with Gasteiger partial charge in [-0.05, 0) is 39.3 Å². The molecule has 0 spiro atoms. The van der Waals surface area contributed by atoms with Crippen LogP contribution >= 0.6 is 11.3 Å². The Morgan fingerprint density at radius 2 is 2.05 bits per heavy atom. The van der Waals surface area contributed by atoms with E-state index in [0.717, 1.165) is 27.8 Å². The molecule has 0 aromatic carbocycles. The molecular weight excluding hydrogens is 256 g/mol. The topological polar surface area (TPSA) is 61.6 Å². The third-order valence-corrected chi connectivity index (χ3v) is 4.03. The van der Waals surface area contributed by atoms with Crippen molar-refractivity contribution in [2.24, 2.45) is 0 Å². The van der Waals surface area contributed by atoms with Gasteiger partial charge in [-0.15, -0.1) is 11.3 Å². The van der Waals surface area contributed by atoms with Crippen molar-refractivity contribution in [1.29, 1.82) is 5.26 Å². The Morgan fingerprint density at radius 3 is 2.58 bits per heavy atom. The molecule has 19 heavy (non-hydrogen) atoms. The number of pyridine rings is 1. The van der Waals surface area contributed by atoms with Crippen molar-refractivity contribution in [2.45, 2.75) is 33.7 Å².